The zero-order chi connectivity index (χ0) is 9.68. The lowest BCUT2D eigenvalue weighted by Crippen LogP contribution is -2.02. The van der Waals surface area contributed by atoms with Crippen molar-refractivity contribution in [3.8, 4) is 0 Å². The molecule has 3 nitrogen and oxygen atoms in total. The lowest BCUT2D eigenvalue weighted by atomic mass is 10.2. The molecule has 1 atom stereocenters. The Morgan fingerprint density at radius 3 is 3.00 bits per heavy atom. The summed E-state index contributed by atoms with van der Waals surface area (Å²) in [5, 5.41) is 0.504. The van der Waals surface area contributed by atoms with Crippen molar-refractivity contribution in [2.75, 3.05) is 17.1 Å². The highest BCUT2D eigenvalue weighted by atomic mass is 32.2. The van der Waals surface area contributed by atoms with Gasteiger partial charge in [-0.2, -0.15) is 0 Å². The molecule has 0 saturated heterocycles. The first kappa shape index (κ1) is 10.5. The molecule has 1 aromatic heterocycles. The van der Waals surface area contributed by atoms with E-state index in [-0.39, 0.29) is 5.78 Å². The molecule has 0 spiro atoms. The number of carbonyl (C=O) groups excluding carboxylic acids is 1. The van der Waals surface area contributed by atoms with Gasteiger partial charge in [-0.3, -0.25) is 9.00 Å². The fourth-order valence-electron chi connectivity index (χ4n) is 0.758. The number of rotatable bonds is 5. The van der Waals surface area contributed by atoms with Crippen LogP contribution in [0.3, 0.4) is 0 Å². The predicted octanol–water partition coefficient (Wildman–Crippen LogP) is 1.53. The van der Waals surface area contributed by atoms with E-state index in [1.165, 1.54) is 24.3 Å². The van der Waals surface area contributed by atoms with Crippen LogP contribution in [0.2, 0.25) is 0 Å². The lowest BCUT2D eigenvalue weighted by Gasteiger charge is -1.95. The van der Waals surface area contributed by atoms with Gasteiger partial charge in [-0.15, -0.1) is 11.8 Å². The van der Waals surface area contributed by atoms with Crippen LogP contribution in [0.1, 0.15) is 10.4 Å². The van der Waals surface area contributed by atoms with Crippen LogP contribution in [0.25, 0.3) is 0 Å². The van der Waals surface area contributed by atoms with Gasteiger partial charge in [0, 0.05) is 17.1 Å². The number of carbonyl (C=O) groups is 1. The zero-order valence-electron chi connectivity index (χ0n) is 7.19. The van der Waals surface area contributed by atoms with Crippen molar-refractivity contribution in [3.05, 3.63) is 24.2 Å². The van der Waals surface area contributed by atoms with Crippen LogP contribution in [0.5, 0.6) is 0 Å². The molecule has 5 heteroatoms. The third-order valence-electron chi connectivity index (χ3n) is 1.33. The highest BCUT2D eigenvalue weighted by Crippen LogP contribution is 2.08. The van der Waals surface area contributed by atoms with Gasteiger partial charge in [0.25, 0.3) is 0 Å². The molecule has 0 aliphatic rings. The van der Waals surface area contributed by atoms with E-state index < -0.39 is 10.8 Å². The highest BCUT2D eigenvalue weighted by Gasteiger charge is 2.06. The van der Waals surface area contributed by atoms with E-state index in [1.54, 1.807) is 12.3 Å². The molecule has 1 aromatic rings. The summed E-state index contributed by atoms with van der Waals surface area (Å²) in [7, 11) is -0.841. The summed E-state index contributed by atoms with van der Waals surface area (Å²) >= 11 is 1.38. The van der Waals surface area contributed by atoms with Gasteiger partial charge in [-0.05, 0) is 6.07 Å². The van der Waals surface area contributed by atoms with Crippen LogP contribution < -0.4 is 0 Å². The number of hydrogen-bond acceptors (Lipinski definition) is 4. The average molecular weight is 218 g/mol. The predicted molar refractivity (Wildman–Crippen MR) is 54.4 cm³/mol. The Balaban J connectivity index is 2.31. The third-order valence-corrected chi connectivity index (χ3v) is 3.79. The van der Waals surface area contributed by atoms with Crippen LogP contribution in [0.15, 0.2) is 23.0 Å². The van der Waals surface area contributed by atoms with E-state index in [0.29, 0.717) is 16.4 Å². The molecular formula is C8H10O3S2. The van der Waals surface area contributed by atoms with Gasteiger partial charge in [0.2, 0.25) is 0 Å². The van der Waals surface area contributed by atoms with Gasteiger partial charge in [0.15, 0.2) is 5.78 Å². The van der Waals surface area contributed by atoms with Gasteiger partial charge in [-0.1, -0.05) is 0 Å². The number of hydrogen-bond donors (Lipinski definition) is 0. The molecule has 1 unspecified atom stereocenters. The Morgan fingerprint density at radius 2 is 2.46 bits per heavy atom. The second kappa shape index (κ2) is 5.24. The summed E-state index contributed by atoms with van der Waals surface area (Å²) in [6.07, 6.45) is 4.51. The van der Waals surface area contributed by atoms with E-state index in [9.17, 15) is 9.00 Å². The van der Waals surface area contributed by atoms with Crippen molar-refractivity contribution in [3.63, 3.8) is 0 Å². The second-order valence-electron chi connectivity index (χ2n) is 2.47. The van der Waals surface area contributed by atoms with Crippen molar-refractivity contribution in [2.45, 2.75) is 0 Å². The van der Waals surface area contributed by atoms with Crippen molar-refractivity contribution in [2.24, 2.45) is 0 Å². The molecule has 0 amide bonds. The molecule has 13 heavy (non-hydrogen) atoms. The number of furan rings is 1. The first-order valence-electron chi connectivity index (χ1n) is 3.63. The summed E-state index contributed by atoms with van der Waals surface area (Å²) in [6.45, 7) is 0. The SMILES string of the molecule is CS(=O)CSCC(=O)c1ccoc1. The number of thioether (sulfide) groups is 1. The van der Waals surface area contributed by atoms with Crippen LogP contribution in [0, 0.1) is 0 Å². The van der Waals surface area contributed by atoms with Gasteiger partial charge in [-0.25, -0.2) is 0 Å². The molecule has 0 bridgehead atoms. The van der Waals surface area contributed by atoms with E-state index in [4.69, 9.17) is 4.42 Å². The van der Waals surface area contributed by atoms with E-state index in [1.807, 2.05) is 0 Å². The minimum Gasteiger partial charge on any atom is -0.472 e. The molecule has 0 fully saturated rings. The number of Topliss-reactive ketones (excluding diaryl/α,β-unsaturated/α-hetero) is 1. The standard InChI is InChI=1S/C8H10O3S2/c1-13(10)6-12-5-8(9)7-2-3-11-4-7/h2-4H,5-6H2,1H3. The second-order valence-corrected chi connectivity index (χ2v) is 5.26. The summed E-state index contributed by atoms with van der Waals surface area (Å²) in [6, 6.07) is 1.63. The summed E-state index contributed by atoms with van der Waals surface area (Å²) in [5.41, 5.74) is 0.578. The van der Waals surface area contributed by atoms with Crippen LogP contribution in [-0.2, 0) is 10.8 Å². The average Bonchev–Trinajstić information content (AvgIpc) is 2.55. The first-order chi connectivity index (χ1) is 6.20. The fraction of sp³-hybridized carbons (Fsp3) is 0.375. The first-order valence-corrected chi connectivity index (χ1v) is 6.51. The Labute approximate surface area is 83.3 Å². The monoisotopic (exact) mass is 218 g/mol. The van der Waals surface area contributed by atoms with Crippen molar-refractivity contribution < 1.29 is 13.4 Å². The van der Waals surface area contributed by atoms with Crippen LogP contribution in [-0.4, -0.2) is 27.1 Å². The number of ketones is 1. The minimum absolute atomic E-state index is 0.0178. The topological polar surface area (TPSA) is 47.3 Å². The molecule has 1 rings (SSSR count). The van der Waals surface area contributed by atoms with Crippen molar-refractivity contribution in [1.82, 2.24) is 0 Å². The summed E-state index contributed by atoms with van der Waals surface area (Å²) in [5.74, 6) is 0.378. The largest absolute Gasteiger partial charge is 0.472 e. The summed E-state index contributed by atoms with van der Waals surface area (Å²) in [4.78, 5) is 11.3. The Kier molecular flexibility index (Phi) is 4.24. The van der Waals surface area contributed by atoms with Gasteiger partial charge < -0.3 is 4.42 Å². The normalized spacial score (nSPS) is 12.7. The zero-order valence-corrected chi connectivity index (χ0v) is 8.82. The quantitative estimate of drug-likeness (QED) is 0.703. The molecule has 1 heterocycles. The van der Waals surface area contributed by atoms with E-state index in [2.05, 4.69) is 0 Å². The maximum atomic E-state index is 11.3. The van der Waals surface area contributed by atoms with Gasteiger partial charge in [0.05, 0.1) is 22.7 Å². The fourth-order valence-corrected chi connectivity index (χ4v) is 2.38. The van der Waals surface area contributed by atoms with Crippen molar-refractivity contribution in [1.29, 1.82) is 0 Å². The molecule has 72 valence electrons. The molecule has 0 radical (unpaired) electrons. The highest BCUT2D eigenvalue weighted by molar-refractivity contribution is 8.10. The molecular weight excluding hydrogens is 208 g/mol. The van der Waals surface area contributed by atoms with Crippen LogP contribution >= 0.6 is 11.8 Å². The maximum Gasteiger partial charge on any atom is 0.175 e. The minimum atomic E-state index is -0.841. The van der Waals surface area contributed by atoms with E-state index >= 15 is 0 Å². The smallest absolute Gasteiger partial charge is 0.175 e. The van der Waals surface area contributed by atoms with Gasteiger partial charge >= 0.3 is 0 Å². The lowest BCUT2D eigenvalue weighted by molar-refractivity contribution is 0.102. The van der Waals surface area contributed by atoms with Gasteiger partial charge in [0.1, 0.15) is 6.26 Å². The molecule has 0 aromatic carbocycles. The van der Waals surface area contributed by atoms with Crippen molar-refractivity contribution >= 4 is 28.3 Å². The Morgan fingerprint density at radius 1 is 1.69 bits per heavy atom. The maximum absolute atomic E-state index is 11.3. The molecule has 0 aliphatic heterocycles. The Bertz CT molecular complexity index is 292. The Hall–Kier alpha value is -0.550. The molecule has 0 N–H and O–H groups in total. The van der Waals surface area contributed by atoms with E-state index in [0.717, 1.165) is 0 Å². The van der Waals surface area contributed by atoms with Crippen LogP contribution in [0.4, 0.5) is 0 Å². The summed E-state index contributed by atoms with van der Waals surface area (Å²) < 4.78 is 15.4. The third kappa shape index (κ3) is 3.78. The molecule has 0 aliphatic carbocycles. The molecule has 0 saturated carbocycles.